The Morgan fingerprint density at radius 1 is 1.19 bits per heavy atom. The monoisotopic (exact) mass is 285 g/mol. The van der Waals surface area contributed by atoms with E-state index in [9.17, 15) is 0 Å². The van der Waals surface area contributed by atoms with Gasteiger partial charge in [0.1, 0.15) is 11.6 Å². The number of pyridine rings is 1. The molecule has 2 aromatic rings. The number of nitrogens with one attached hydrogen (secondary N) is 1. The summed E-state index contributed by atoms with van der Waals surface area (Å²) in [5.41, 5.74) is 1.24. The quantitative estimate of drug-likeness (QED) is 0.935. The molecular weight excluding hydrogens is 262 g/mol. The molecule has 0 amide bonds. The fourth-order valence-electron chi connectivity index (χ4n) is 2.82. The highest BCUT2D eigenvalue weighted by molar-refractivity contribution is 5.33. The molecule has 3 heterocycles. The number of hydrogen-bond acceptors (Lipinski definition) is 4. The Bertz CT molecular complexity index is 576. The van der Waals surface area contributed by atoms with E-state index in [4.69, 9.17) is 0 Å². The van der Waals surface area contributed by atoms with Crippen LogP contribution in [0, 0.1) is 0 Å². The Hall–Kier alpha value is -1.88. The SMILES string of the molecule is CC(C)N1CCc2ncc(CNc3ccccn3)n2CC1. The molecule has 2 aromatic heterocycles. The van der Waals surface area contributed by atoms with Gasteiger partial charge in [-0.3, -0.25) is 4.90 Å². The third-order valence-electron chi connectivity index (χ3n) is 4.10. The highest BCUT2D eigenvalue weighted by Gasteiger charge is 2.18. The lowest BCUT2D eigenvalue weighted by Crippen LogP contribution is -2.33. The van der Waals surface area contributed by atoms with Gasteiger partial charge in [-0.1, -0.05) is 6.07 Å². The average molecular weight is 285 g/mol. The second-order valence-corrected chi connectivity index (χ2v) is 5.77. The third-order valence-corrected chi connectivity index (χ3v) is 4.10. The Morgan fingerprint density at radius 3 is 2.86 bits per heavy atom. The molecule has 21 heavy (non-hydrogen) atoms. The molecule has 5 heteroatoms. The Kier molecular flexibility index (Phi) is 4.20. The smallest absolute Gasteiger partial charge is 0.126 e. The molecule has 0 saturated heterocycles. The van der Waals surface area contributed by atoms with Crippen LogP contribution in [0.4, 0.5) is 5.82 Å². The summed E-state index contributed by atoms with van der Waals surface area (Å²) in [4.78, 5) is 11.4. The number of hydrogen-bond donors (Lipinski definition) is 1. The normalized spacial score (nSPS) is 15.8. The lowest BCUT2D eigenvalue weighted by Gasteiger charge is -2.23. The van der Waals surface area contributed by atoms with Crippen LogP contribution < -0.4 is 5.32 Å². The van der Waals surface area contributed by atoms with Crippen LogP contribution in [0.1, 0.15) is 25.4 Å². The predicted octanol–water partition coefficient (Wildman–Crippen LogP) is 2.16. The Balaban J connectivity index is 1.68. The predicted molar refractivity (Wildman–Crippen MR) is 84.2 cm³/mol. The zero-order valence-electron chi connectivity index (χ0n) is 12.8. The van der Waals surface area contributed by atoms with E-state index in [0.29, 0.717) is 6.04 Å². The first kappa shape index (κ1) is 14.1. The maximum absolute atomic E-state index is 4.60. The second-order valence-electron chi connectivity index (χ2n) is 5.77. The molecule has 0 saturated carbocycles. The van der Waals surface area contributed by atoms with Crippen molar-refractivity contribution in [1.29, 1.82) is 0 Å². The minimum Gasteiger partial charge on any atom is -0.364 e. The van der Waals surface area contributed by atoms with Gasteiger partial charge >= 0.3 is 0 Å². The van der Waals surface area contributed by atoms with Crippen LogP contribution in [-0.2, 0) is 19.5 Å². The minimum atomic E-state index is 0.602. The van der Waals surface area contributed by atoms with E-state index in [2.05, 4.69) is 38.6 Å². The number of rotatable bonds is 4. The van der Waals surface area contributed by atoms with Crippen molar-refractivity contribution in [2.24, 2.45) is 0 Å². The summed E-state index contributed by atoms with van der Waals surface area (Å²) in [6.45, 7) is 8.51. The van der Waals surface area contributed by atoms with E-state index < -0.39 is 0 Å². The van der Waals surface area contributed by atoms with Gasteiger partial charge in [-0.25, -0.2) is 9.97 Å². The first-order valence-corrected chi connectivity index (χ1v) is 7.66. The molecule has 1 aliphatic heterocycles. The summed E-state index contributed by atoms with van der Waals surface area (Å²) < 4.78 is 2.36. The number of fused-ring (bicyclic) bond motifs is 1. The highest BCUT2D eigenvalue weighted by Crippen LogP contribution is 2.14. The summed E-state index contributed by atoms with van der Waals surface area (Å²) in [6, 6.07) is 6.51. The molecule has 0 fully saturated rings. The van der Waals surface area contributed by atoms with E-state index in [0.717, 1.165) is 38.4 Å². The zero-order chi connectivity index (χ0) is 14.7. The van der Waals surface area contributed by atoms with Gasteiger partial charge in [0, 0.05) is 38.3 Å². The molecule has 0 spiro atoms. The van der Waals surface area contributed by atoms with Gasteiger partial charge < -0.3 is 9.88 Å². The third kappa shape index (κ3) is 3.24. The highest BCUT2D eigenvalue weighted by atomic mass is 15.2. The Labute approximate surface area is 126 Å². The van der Waals surface area contributed by atoms with Crippen LogP contribution in [0.5, 0.6) is 0 Å². The van der Waals surface area contributed by atoms with Gasteiger partial charge in [-0.15, -0.1) is 0 Å². The van der Waals surface area contributed by atoms with Gasteiger partial charge in [0.15, 0.2) is 0 Å². The van der Waals surface area contributed by atoms with Crippen LogP contribution in [0.15, 0.2) is 30.6 Å². The standard InChI is InChI=1S/C16H23N5/c1-13(2)20-8-6-16-19-12-14(21(16)10-9-20)11-18-15-5-3-4-7-17-15/h3-5,7,12-13H,6,8-11H2,1-2H3,(H,17,18). The first-order valence-electron chi connectivity index (χ1n) is 7.66. The number of imidazole rings is 1. The van der Waals surface area contributed by atoms with Gasteiger partial charge in [-0.2, -0.15) is 0 Å². The molecular formula is C16H23N5. The summed E-state index contributed by atoms with van der Waals surface area (Å²) >= 11 is 0. The lowest BCUT2D eigenvalue weighted by atomic mass is 10.3. The van der Waals surface area contributed by atoms with Gasteiger partial charge in [0.25, 0.3) is 0 Å². The topological polar surface area (TPSA) is 46.0 Å². The van der Waals surface area contributed by atoms with E-state index in [-0.39, 0.29) is 0 Å². The summed E-state index contributed by atoms with van der Waals surface area (Å²) in [5.74, 6) is 2.11. The van der Waals surface area contributed by atoms with Crippen molar-refractivity contribution in [2.75, 3.05) is 18.4 Å². The first-order chi connectivity index (χ1) is 10.2. The van der Waals surface area contributed by atoms with Gasteiger partial charge in [0.05, 0.1) is 18.4 Å². The van der Waals surface area contributed by atoms with Crippen molar-refractivity contribution in [1.82, 2.24) is 19.4 Å². The molecule has 1 aliphatic rings. The molecule has 0 atom stereocenters. The molecule has 0 bridgehead atoms. The lowest BCUT2D eigenvalue weighted by molar-refractivity contribution is 0.226. The van der Waals surface area contributed by atoms with Crippen LogP contribution in [0.3, 0.4) is 0 Å². The summed E-state index contributed by atoms with van der Waals surface area (Å²) in [7, 11) is 0. The van der Waals surface area contributed by atoms with Gasteiger partial charge in [-0.05, 0) is 26.0 Å². The molecule has 1 N–H and O–H groups in total. The zero-order valence-corrected chi connectivity index (χ0v) is 12.8. The van der Waals surface area contributed by atoms with Crippen molar-refractivity contribution >= 4 is 5.82 Å². The number of anilines is 1. The molecule has 0 radical (unpaired) electrons. The van der Waals surface area contributed by atoms with E-state index in [1.807, 2.05) is 24.4 Å². The summed E-state index contributed by atoms with van der Waals surface area (Å²) in [5, 5.41) is 3.37. The van der Waals surface area contributed by atoms with Crippen molar-refractivity contribution < 1.29 is 0 Å². The van der Waals surface area contributed by atoms with Gasteiger partial charge in [0.2, 0.25) is 0 Å². The second kappa shape index (κ2) is 6.26. The maximum Gasteiger partial charge on any atom is 0.126 e. The van der Waals surface area contributed by atoms with Crippen LogP contribution in [0.2, 0.25) is 0 Å². The largest absolute Gasteiger partial charge is 0.364 e. The molecule has 0 aromatic carbocycles. The van der Waals surface area contributed by atoms with Crippen LogP contribution >= 0.6 is 0 Å². The molecule has 112 valence electrons. The van der Waals surface area contributed by atoms with Crippen LogP contribution in [-0.4, -0.2) is 38.6 Å². The fraction of sp³-hybridized carbons (Fsp3) is 0.500. The van der Waals surface area contributed by atoms with Crippen molar-refractivity contribution in [3.8, 4) is 0 Å². The number of aromatic nitrogens is 3. The van der Waals surface area contributed by atoms with Crippen LogP contribution in [0.25, 0.3) is 0 Å². The van der Waals surface area contributed by atoms with E-state index in [1.54, 1.807) is 6.20 Å². The maximum atomic E-state index is 4.60. The van der Waals surface area contributed by atoms with Crippen molar-refractivity contribution in [3.63, 3.8) is 0 Å². The van der Waals surface area contributed by atoms with Crippen molar-refractivity contribution in [3.05, 3.63) is 42.1 Å². The minimum absolute atomic E-state index is 0.602. The average Bonchev–Trinajstić information content (AvgIpc) is 2.75. The molecule has 0 unspecified atom stereocenters. The van der Waals surface area contributed by atoms with Crippen molar-refractivity contribution in [2.45, 2.75) is 39.4 Å². The molecule has 3 rings (SSSR count). The molecule has 0 aliphatic carbocycles. The number of nitrogens with zero attached hydrogens (tertiary/aromatic N) is 4. The van der Waals surface area contributed by atoms with E-state index in [1.165, 1.54) is 11.5 Å². The molecule has 5 nitrogen and oxygen atoms in total. The fourth-order valence-corrected chi connectivity index (χ4v) is 2.82. The van der Waals surface area contributed by atoms with E-state index >= 15 is 0 Å². The Morgan fingerprint density at radius 2 is 2.10 bits per heavy atom. The summed E-state index contributed by atoms with van der Waals surface area (Å²) in [6.07, 6.45) is 4.83.